The summed E-state index contributed by atoms with van der Waals surface area (Å²) in [6.07, 6.45) is 33.8. The van der Waals surface area contributed by atoms with Gasteiger partial charge in [0.15, 0.2) is 0 Å². The number of hydrogen-bond acceptors (Lipinski definition) is 1. The van der Waals surface area contributed by atoms with Gasteiger partial charge in [0.25, 0.3) is 0 Å². The molecule has 0 saturated carbocycles. The molecule has 0 fully saturated rings. The number of rotatable bonds is 24. The molecule has 29 heavy (non-hydrogen) atoms. The first-order chi connectivity index (χ1) is 13.8. The summed E-state index contributed by atoms with van der Waals surface area (Å²) >= 11 is 0. The van der Waals surface area contributed by atoms with Gasteiger partial charge in [0, 0.05) is 0 Å². The molecule has 0 aromatic carbocycles. The van der Waals surface area contributed by atoms with Crippen molar-refractivity contribution in [3.05, 3.63) is 0 Å². The highest BCUT2D eigenvalue weighted by Gasteiger charge is 1.96. The largest absolute Gasteiger partial charge is 0.309 e. The second-order valence-electron chi connectivity index (χ2n) is 9.58. The Morgan fingerprint density at radius 1 is 0.345 bits per heavy atom. The zero-order valence-electron chi connectivity index (χ0n) is 20.8. The summed E-state index contributed by atoms with van der Waals surface area (Å²) in [6, 6.07) is 0. The van der Waals surface area contributed by atoms with Crippen molar-refractivity contribution in [2.45, 2.75) is 155 Å². The van der Waals surface area contributed by atoms with Crippen molar-refractivity contribution in [2.24, 2.45) is 0 Å². The molecule has 0 bridgehead atoms. The van der Waals surface area contributed by atoms with Gasteiger partial charge in [-0.2, -0.15) is 0 Å². The zero-order valence-corrected chi connectivity index (χ0v) is 22.5. The summed E-state index contributed by atoms with van der Waals surface area (Å²) in [5.41, 5.74) is 0. The van der Waals surface area contributed by atoms with Crippen molar-refractivity contribution in [3.63, 3.8) is 0 Å². The van der Waals surface area contributed by atoms with Crippen LogP contribution in [-0.2, 0) is 0 Å². The Labute approximate surface area is 197 Å². The molecule has 0 aliphatic carbocycles. The molecule has 0 aromatic heterocycles. The first-order valence-corrected chi connectivity index (χ1v) is 13.4. The van der Waals surface area contributed by atoms with E-state index in [0.29, 0.717) is 0 Å². The van der Waals surface area contributed by atoms with Gasteiger partial charge in [-0.05, 0) is 27.1 Å². The third kappa shape index (κ3) is 30.7. The molecule has 0 saturated heterocycles. The Morgan fingerprint density at radius 3 is 0.759 bits per heavy atom. The van der Waals surface area contributed by atoms with Gasteiger partial charge in [-0.1, -0.05) is 148 Å². The Hall–Kier alpha value is 0.440. The second-order valence-corrected chi connectivity index (χ2v) is 9.58. The van der Waals surface area contributed by atoms with E-state index >= 15 is 0 Å². The smallest absolute Gasteiger partial charge is 0.00248 e. The van der Waals surface area contributed by atoms with Crippen LogP contribution in [0.3, 0.4) is 0 Å². The van der Waals surface area contributed by atoms with E-state index in [9.17, 15) is 0 Å². The minimum Gasteiger partial charge on any atom is -0.309 e. The minimum absolute atomic E-state index is 0. The number of nitrogens with zero attached hydrogens (tertiary/aromatic N) is 1. The van der Waals surface area contributed by atoms with E-state index in [0.717, 1.165) is 0 Å². The molecule has 0 aliphatic heterocycles. The zero-order chi connectivity index (χ0) is 20.5. The molecule has 0 atom stereocenters. The maximum absolute atomic E-state index is 2.30. The van der Waals surface area contributed by atoms with Crippen LogP contribution in [0.1, 0.15) is 155 Å². The van der Waals surface area contributed by atoms with Gasteiger partial charge in [0.1, 0.15) is 0 Å². The summed E-state index contributed by atoms with van der Waals surface area (Å²) in [5.74, 6) is 0. The molecule has 0 rings (SSSR count). The maximum atomic E-state index is 2.30. The quantitative estimate of drug-likeness (QED) is 0.125. The van der Waals surface area contributed by atoms with Crippen LogP contribution in [0.4, 0.5) is 0 Å². The fourth-order valence-electron chi connectivity index (χ4n) is 4.21. The molecule has 0 aliphatic rings. The molecule has 178 valence electrons. The van der Waals surface area contributed by atoms with E-state index in [1.54, 1.807) is 0 Å². The summed E-state index contributed by atoms with van der Waals surface area (Å²) in [5, 5.41) is 0. The van der Waals surface area contributed by atoms with Crippen LogP contribution in [0, 0.1) is 0 Å². The van der Waals surface area contributed by atoms with E-state index in [4.69, 9.17) is 0 Å². The molecule has 0 N–H and O–H groups in total. The summed E-state index contributed by atoms with van der Waals surface area (Å²) in [7, 11) is 4.36. The summed E-state index contributed by atoms with van der Waals surface area (Å²) < 4.78 is 0. The Balaban J connectivity index is 0. The lowest BCUT2D eigenvalue weighted by molar-refractivity contribution is 0.389. The van der Waals surface area contributed by atoms with Crippen molar-refractivity contribution in [1.82, 2.24) is 4.90 Å². The number of halogens is 1. The van der Waals surface area contributed by atoms with Crippen LogP contribution in [-0.4, -0.2) is 25.5 Å². The maximum Gasteiger partial charge on any atom is -0.00248 e. The Bertz CT molecular complexity index is 267. The average Bonchev–Trinajstić information content (AvgIpc) is 2.68. The lowest BCUT2D eigenvalue weighted by Crippen LogP contribution is -2.12. The highest BCUT2D eigenvalue weighted by atomic mass is 79.9. The van der Waals surface area contributed by atoms with Gasteiger partial charge in [0.05, 0.1) is 0 Å². The van der Waals surface area contributed by atoms with Gasteiger partial charge in [0.2, 0.25) is 0 Å². The van der Waals surface area contributed by atoms with Crippen LogP contribution in [0.25, 0.3) is 0 Å². The molecule has 0 amide bonds. The summed E-state index contributed by atoms with van der Waals surface area (Å²) in [4.78, 5) is 2.30. The van der Waals surface area contributed by atoms with Gasteiger partial charge < -0.3 is 4.90 Å². The van der Waals surface area contributed by atoms with Gasteiger partial charge >= 0.3 is 0 Å². The van der Waals surface area contributed by atoms with Crippen molar-refractivity contribution < 1.29 is 0 Å². The molecular weight excluding hydrogens is 418 g/mol. The van der Waals surface area contributed by atoms with E-state index < -0.39 is 0 Å². The Morgan fingerprint density at radius 2 is 0.552 bits per heavy atom. The van der Waals surface area contributed by atoms with Crippen molar-refractivity contribution in [2.75, 3.05) is 20.6 Å². The van der Waals surface area contributed by atoms with Gasteiger partial charge in [-0.15, -0.1) is 17.0 Å². The van der Waals surface area contributed by atoms with Crippen LogP contribution >= 0.6 is 17.0 Å². The minimum atomic E-state index is 0. The molecule has 0 spiro atoms. The molecule has 0 aromatic rings. The van der Waals surface area contributed by atoms with Gasteiger partial charge in [-0.3, -0.25) is 0 Å². The first-order valence-electron chi connectivity index (χ1n) is 13.4. The fraction of sp³-hybridized carbons (Fsp3) is 1.00. The topological polar surface area (TPSA) is 3.24 Å². The monoisotopic (exact) mass is 475 g/mol. The second kappa shape index (κ2) is 28.4. The third-order valence-corrected chi connectivity index (χ3v) is 6.21. The van der Waals surface area contributed by atoms with E-state index in [-0.39, 0.29) is 17.0 Å². The summed E-state index contributed by atoms with van der Waals surface area (Å²) in [6.45, 7) is 3.57. The average molecular weight is 477 g/mol. The van der Waals surface area contributed by atoms with Crippen LogP contribution in [0.15, 0.2) is 0 Å². The molecule has 0 unspecified atom stereocenters. The third-order valence-electron chi connectivity index (χ3n) is 6.21. The molecular formula is C27H58BrN. The highest BCUT2D eigenvalue weighted by molar-refractivity contribution is 8.93. The normalized spacial score (nSPS) is 11.2. The van der Waals surface area contributed by atoms with Crippen molar-refractivity contribution in [1.29, 1.82) is 0 Å². The van der Waals surface area contributed by atoms with Crippen molar-refractivity contribution in [3.8, 4) is 0 Å². The lowest BCUT2D eigenvalue weighted by atomic mass is 10.0. The van der Waals surface area contributed by atoms with Crippen LogP contribution in [0.2, 0.25) is 0 Å². The predicted octanol–water partition coefficient (Wildman–Crippen LogP) is 10.1. The first kappa shape index (κ1) is 31.6. The molecule has 0 radical (unpaired) electrons. The van der Waals surface area contributed by atoms with Crippen LogP contribution in [0.5, 0.6) is 0 Å². The SMILES string of the molecule is Br.CCCCCCCCCCCCCCCCCCCCCCCCCN(C)C. The fourth-order valence-corrected chi connectivity index (χ4v) is 4.21. The van der Waals surface area contributed by atoms with Crippen LogP contribution < -0.4 is 0 Å². The highest BCUT2D eigenvalue weighted by Crippen LogP contribution is 2.15. The van der Waals surface area contributed by atoms with Gasteiger partial charge in [-0.25, -0.2) is 0 Å². The molecule has 2 heteroatoms. The van der Waals surface area contributed by atoms with E-state index in [1.165, 1.54) is 154 Å². The predicted molar refractivity (Wildman–Crippen MR) is 141 cm³/mol. The molecule has 0 heterocycles. The van der Waals surface area contributed by atoms with Crippen molar-refractivity contribution >= 4 is 17.0 Å². The Kier molecular flexibility index (Phi) is 31.0. The number of unbranched alkanes of at least 4 members (excludes halogenated alkanes) is 22. The molecule has 1 nitrogen and oxygen atoms in total. The standard InChI is InChI=1S/C27H57N.BrH/c1-4-5-6-7-8-9-10-11-12-13-14-15-16-17-18-19-20-21-22-23-24-25-26-27-28(2)3;/h4-27H2,1-3H3;1H. The number of hydrogen-bond donors (Lipinski definition) is 0. The van der Waals surface area contributed by atoms with E-state index in [1.807, 2.05) is 0 Å². The van der Waals surface area contributed by atoms with E-state index in [2.05, 4.69) is 25.9 Å². The lowest BCUT2D eigenvalue weighted by Gasteiger charge is -2.08.